The second-order valence-corrected chi connectivity index (χ2v) is 9.01. The van der Waals surface area contributed by atoms with Crippen molar-refractivity contribution < 1.29 is 28.0 Å². The molecule has 8 nitrogen and oxygen atoms in total. The average molecular weight is 502 g/mol. The summed E-state index contributed by atoms with van der Waals surface area (Å²) in [5.74, 6) is -2.75. The number of ether oxygens (including phenoxy) is 2. The van der Waals surface area contributed by atoms with E-state index in [2.05, 4.69) is 5.32 Å². The van der Waals surface area contributed by atoms with Crippen molar-refractivity contribution >= 4 is 5.78 Å². The van der Waals surface area contributed by atoms with Crippen LogP contribution in [0.2, 0.25) is 0 Å². The highest BCUT2D eigenvalue weighted by Crippen LogP contribution is 2.48. The van der Waals surface area contributed by atoms with E-state index in [1.807, 2.05) is 0 Å². The van der Waals surface area contributed by atoms with Crippen molar-refractivity contribution in [2.24, 2.45) is 5.92 Å². The molecule has 10 heteroatoms. The number of nitrogens with one attached hydrogen (secondary N) is 1. The quantitative estimate of drug-likeness (QED) is 0.303. The molecule has 1 N–H and O–H groups in total. The second-order valence-electron chi connectivity index (χ2n) is 9.01. The fourth-order valence-corrected chi connectivity index (χ4v) is 5.32. The Morgan fingerprint density at radius 2 is 1.56 bits per heavy atom. The van der Waals surface area contributed by atoms with E-state index in [0.29, 0.717) is 31.8 Å². The molecule has 0 spiro atoms. The number of rotatable bonds is 10. The highest BCUT2D eigenvalue weighted by atomic mass is 19.1. The van der Waals surface area contributed by atoms with Crippen LogP contribution in [0.3, 0.4) is 0 Å². The number of ketones is 1. The Morgan fingerprint density at radius 1 is 1.00 bits per heavy atom. The van der Waals surface area contributed by atoms with E-state index in [9.17, 15) is 23.7 Å². The number of nitrogens with zero attached hydrogens (tertiary/aromatic N) is 2. The predicted molar refractivity (Wildman–Crippen MR) is 127 cm³/mol. The maximum Gasteiger partial charge on any atom is 0.294 e. The Kier molecular flexibility index (Phi) is 7.65. The minimum absolute atomic E-state index is 0.0660. The first kappa shape index (κ1) is 25.7. The van der Waals surface area contributed by atoms with Gasteiger partial charge in [0.1, 0.15) is 23.3 Å². The Balaban J connectivity index is 1.70. The topological polar surface area (TPSA) is 93.9 Å². The number of halogens is 2. The zero-order valence-electron chi connectivity index (χ0n) is 20.2. The molecule has 4 rings (SSSR count). The minimum atomic E-state index is -1.37. The normalized spacial score (nSPS) is 21.0. The van der Waals surface area contributed by atoms with Crippen molar-refractivity contribution in [3.05, 3.63) is 92.9 Å². The van der Waals surface area contributed by atoms with E-state index in [1.165, 1.54) is 38.5 Å². The molecule has 192 valence electrons. The monoisotopic (exact) mass is 501 g/mol. The zero-order chi connectivity index (χ0) is 25.9. The van der Waals surface area contributed by atoms with Crippen LogP contribution in [0.1, 0.15) is 24.0 Å². The Morgan fingerprint density at radius 3 is 2.08 bits per heavy atom. The fraction of sp³-hybridized carbons (Fsp3) is 0.423. The van der Waals surface area contributed by atoms with Crippen LogP contribution in [-0.4, -0.2) is 54.7 Å². The number of Topliss-reactive ketones (excluding diaryl/α,β-unsaturated/α-hetero) is 1. The number of nitro groups is 1. The third-order valence-corrected chi connectivity index (χ3v) is 7.05. The van der Waals surface area contributed by atoms with Crippen LogP contribution in [0.25, 0.3) is 0 Å². The minimum Gasteiger partial charge on any atom is -0.366 e. The Labute approximate surface area is 208 Å². The van der Waals surface area contributed by atoms with Crippen molar-refractivity contribution in [2.45, 2.75) is 37.5 Å². The van der Waals surface area contributed by atoms with Crippen molar-refractivity contribution in [1.29, 1.82) is 0 Å². The van der Waals surface area contributed by atoms with Gasteiger partial charge in [-0.25, -0.2) is 8.78 Å². The summed E-state index contributed by atoms with van der Waals surface area (Å²) in [7, 11) is 2.87. The van der Waals surface area contributed by atoms with Gasteiger partial charge in [0.05, 0.1) is 11.0 Å². The largest absolute Gasteiger partial charge is 0.366 e. The molecule has 2 aromatic carbocycles. The lowest BCUT2D eigenvalue weighted by Crippen LogP contribution is -2.68. The van der Waals surface area contributed by atoms with E-state index >= 15 is 0 Å². The zero-order valence-corrected chi connectivity index (χ0v) is 20.2. The third-order valence-electron chi connectivity index (χ3n) is 7.05. The number of hydrogen-bond donors (Lipinski definition) is 1. The summed E-state index contributed by atoms with van der Waals surface area (Å²) in [4.78, 5) is 26.4. The molecule has 2 unspecified atom stereocenters. The van der Waals surface area contributed by atoms with E-state index in [-0.39, 0.29) is 36.0 Å². The maximum atomic E-state index is 13.4. The van der Waals surface area contributed by atoms with Crippen LogP contribution in [0.5, 0.6) is 0 Å². The Bertz CT molecular complexity index is 1130. The molecule has 2 aliphatic rings. The lowest BCUT2D eigenvalue weighted by molar-refractivity contribution is -0.454. The summed E-state index contributed by atoms with van der Waals surface area (Å²) in [6.07, 6.45) is 1.00. The molecule has 0 amide bonds. The van der Waals surface area contributed by atoms with Gasteiger partial charge in [-0.15, -0.1) is 0 Å². The van der Waals surface area contributed by atoms with Gasteiger partial charge < -0.3 is 19.7 Å². The smallest absolute Gasteiger partial charge is 0.294 e. The fourth-order valence-electron chi connectivity index (χ4n) is 5.32. The Hall–Kier alpha value is -3.37. The van der Waals surface area contributed by atoms with Gasteiger partial charge in [-0.2, -0.15) is 0 Å². The molecule has 1 heterocycles. The number of hydrogen-bond acceptors (Lipinski definition) is 7. The van der Waals surface area contributed by atoms with Crippen LogP contribution in [0.4, 0.5) is 8.78 Å². The highest BCUT2D eigenvalue weighted by Gasteiger charge is 2.63. The molecule has 2 aromatic rings. The van der Waals surface area contributed by atoms with Gasteiger partial charge in [0.25, 0.3) is 5.70 Å². The van der Waals surface area contributed by atoms with Gasteiger partial charge in [-0.05, 0) is 48.2 Å². The van der Waals surface area contributed by atoms with Crippen molar-refractivity contribution in [3.63, 3.8) is 0 Å². The average Bonchev–Trinajstić information content (AvgIpc) is 2.85. The molecule has 1 saturated carbocycles. The SMILES string of the molecule is COC1(OC)C2CC(=O)CC1N(CCc1ccc(F)cc1)C(NCCc1ccc(F)cc1)=C2[N+](=O)[O-]. The molecule has 0 aromatic heterocycles. The van der Waals surface area contributed by atoms with Crippen LogP contribution < -0.4 is 5.32 Å². The van der Waals surface area contributed by atoms with Crippen molar-refractivity contribution in [3.8, 4) is 0 Å². The molecule has 1 fully saturated rings. The van der Waals surface area contributed by atoms with Crippen LogP contribution >= 0.6 is 0 Å². The number of methoxy groups -OCH3 is 2. The molecule has 0 saturated heterocycles. The maximum absolute atomic E-state index is 13.4. The number of fused-ring (bicyclic) bond motifs is 2. The molecule has 36 heavy (non-hydrogen) atoms. The van der Waals surface area contributed by atoms with Crippen LogP contribution in [0, 0.1) is 27.7 Å². The molecule has 1 aliphatic carbocycles. The number of carbonyl (C=O) groups is 1. The van der Waals surface area contributed by atoms with Crippen molar-refractivity contribution in [2.75, 3.05) is 27.3 Å². The molecule has 2 bridgehead atoms. The first-order chi connectivity index (χ1) is 17.3. The lowest BCUT2D eigenvalue weighted by Gasteiger charge is -2.53. The summed E-state index contributed by atoms with van der Waals surface area (Å²) in [5.41, 5.74) is 1.55. The van der Waals surface area contributed by atoms with Crippen LogP contribution in [-0.2, 0) is 27.1 Å². The first-order valence-electron chi connectivity index (χ1n) is 11.8. The standard InChI is InChI=1S/C26H29F2N3O5/c1-35-26(36-2)22-15-21(32)16-23(26)30(14-12-18-5-9-20(28)10-6-18)25(24(22)31(33)34)29-13-11-17-3-7-19(27)8-4-17/h3-10,22-23,29H,11-16H2,1-2H3. The van der Waals surface area contributed by atoms with Crippen LogP contribution in [0.15, 0.2) is 60.0 Å². The molecule has 1 aliphatic heterocycles. The highest BCUT2D eigenvalue weighted by molar-refractivity contribution is 5.81. The van der Waals surface area contributed by atoms with Gasteiger partial charge in [0, 0.05) is 40.2 Å². The predicted octanol–water partition coefficient (Wildman–Crippen LogP) is 3.44. The van der Waals surface area contributed by atoms with Gasteiger partial charge in [0.15, 0.2) is 5.82 Å². The van der Waals surface area contributed by atoms with Gasteiger partial charge in [-0.3, -0.25) is 14.9 Å². The van der Waals surface area contributed by atoms with Gasteiger partial charge in [-0.1, -0.05) is 24.3 Å². The van der Waals surface area contributed by atoms with E-state index in [4.69, 9.17) is 9.47 Å². The van der Waals surface area contributed by atoms with Gasteiger partial charge >= 0.3 is 0 Å². The van der Waals surface area contributed by atoms with E-state index in [0.717, 1.165) is 11.1 Å². The number of benzene rings is 2. The summed E-state index contributed by atoms with van der Waals surface area (Å²) in [6.45, 7) is 0.659. The molecular weight excluding hydrogens is 472 g/mol. The number of carbonyl (C=O) groups excluding carboxylic acids is 1. The van der Waals surface area contributed by atoms with Gasteiger partial charge in [0.2, 0.25) is 5.79 Å². The van der Waals surface area contributed by atoms with E-state index < -0.39 is 22.7 Å². The molecular formula is C26H29F2N3O5. The first-order valence-corrected chi connectivity index (χ1v) is 11.8. The summed E-state index contributed by atoms with van der Waals surface area (Å²) in [6, 6.07) is 11.5. The summed E-state index contributed by atoms with van der Waals surface area (Å²) < 4.78 is 38.2. The van der Waals surface area contributed by atoms with E-state index in [1.54, 1.807) is 29.2 Å². The lowest BCUT2D eigenvalue weighted by atomic mass is 9.73. The summed E-state index contributed by atoms with van der Waals surface area (Å²) >= 11 is 0. The molecule has 0 radical (unpaired) electrons. The third kappa shape index (κ3) is 4.96. The second kappa shape index (κ2) is 10.7. The summed E-state index contributed by atoms with van der Waals surface area (Å²) in [5, 5.41) is 15.6. The molecule has 2 atom stereocenters. The van der Waals surface area contributed by atoms with Crippen molar-refractivity contribution in [1.82, 2.24) is 10.2 Å².